The average Bonchev–Trinajstić information content (AvgIpc) is 2.16. The third-order valence-corrected chi connectivity index (χ3v) is 3.35. The van der Waals surface area contributed by atoms with Crippen molar-refractivity contribution in [3.8, 4) is 0 Å². The zero-order chi connectivity index (χ0) is 10.3. The maximum atomic E-state index is 2.37. The standard InChI is InChI=1S/C12H18N2/c1-12(2)10-7-5-6-8-11(10)13(3)9-14(12)4/h5-8H,9H2,1-4H3. The first-order chi connectivity index (χ1) is 6.53. The minimum Gasteiger partial charge on any atom is -0.361 e. The Morgan fingerprint density at radius 3 is 2.50 bits per heavy atom. The second-order valence-corrected chi connectivity index (χ2v) is 4.61. The molecular weight excluding hydrogens is 172 g/mol. The highest BCUT2D eigenvalue weighted by molar-refractivity contribution is 5.57. The van der Waals surface area contributed by atoms with Crippen molar-refractivity contribution in [1.82, 2.24) is 4.90 Å². The number of hydrogen-bond donors (Lipinski definition) is 0. The van der Waals surface area contributed by atoms with Crippen molar-refractivity contribution >= 4 is 5.69 Å². The average molecular weight is 190 g/mol. The molecule has 0 N–H and O–H groups in total. The van der Waals surface area contributed by atoms with Crippen molar-refractivity contribution in [2.75, 3.05) is 25.7 Å². The normalized spacial score (nSPS) is 20.7. The molecule has 0 saturated carbocycles. The molecule has 14 heavy (non-hydrogen) atoms. The summed E-state index contributed by atoms with van der Waals surface area (Å²) in [5.41, 5.74) is 2.91. The largest absolute Gasteiger partial charge is 0.361 e. The zero-order valence-corrected chi connectivity index (χ0v) is 9.41. The molecule has 1 aliphatic heterocycles. The second kappa shape index (κ2) is 2.99. The Hall–Kier alpha value is -1.02. The fraction of sp³-hybridized carbons (Fsp3) is 0.500. The van der Waals surface area contributed by atoms with E-state index in [1.54, 1.807) is 0 Å². The van der Waals surface area contributed by atoms with Gasteiger partial charge in [0.25, 0.3) is 0 Å². The van der Waals surface area contributed by atoms with E-state index in [4.69, 9.17) is 0 Å². The SMILES string of the molecule is CN1CN(C)C(C)(C)c2ccccc21. The molecule has 1 aromatic rings. The minimum atomic E-state index is 0.142. The molecule has 0 radical (unpaired) electrons. The summed E-state index contributed by atoms with van der Waals surface area (Å²) in [7, 11) is 4.32. The number of nitrogens with zero attached hydrogens (tertiary/aromatic N) is 2. The van der Waals surface area contributed by atoms with Crippen LogP contribution in [-0.2, 0) is 5.54 Å². The number of anilines is 1. The second-order valence-electron chi connectivity index (χ2n) is 4.61. The topological polar surface area (TPSA) is 6.48 Å². The maximum absolute atomic E-state index is 2.37. The van der Waals surface area contributed by atoms with Gasteiger partial charge in [-0.15, -0.1) is 0 Å². The molecule has 0 saturated heterocycles. The van der Waals surface area contributed by atoms with Gasteiger partial charge in [0.1, 0.15) is 0 Å². The number of para-hydroxylation sites is 1. The van der Waals surface area contributed by atoms with Crippen LogP contribution >= 0.6 is 0 Å². The quantitative estimate of drug-likeness (QED) is 0.619. The van der Waals surface area contributed by atoms with E-state index in [2.05, 4.69) is 62.0 Å². The van der Waals surface area contributed by atoms with Crippen LogP contribution in [0.1, 0.15) is 19.4 Å². The molecule has 1 aromatic carbocycles. The highest BCUT2D eigenvalue weighted by atomic mass is 15.3. The van der Waals surface area contributed by atoms with E-state index in [0.717, 1.165) is 6.67 Å². The van der Waals surface area contributed by atoms with E-state index in [-0.39, 0.29) is 5.54 Å². The summed E-state index contributed by atoms with van der Waals surface area (Å²) in [6.07, 6.45) is 0. The first-order valence-corrected chi connectivity index (χ1v) is 5.05. The number of fused-ring (bicyclic) bond motifs is 1. The van der Waals surface area contributed by atoms with Gasteiger partial charge in [-0.25, -0.2) is 0 Å². The van der Waals surface area contributed by atoms with E-state index >= 15 is 0 Å². The summed E-state index contributed by atoms with van der Waals surface area (Å²) in [4.78, 5) is 4.66. The summed E-state index contributed by atoms with van der Waals surface area (Å²) in [6.45, 7) is 5.54. The Kier molecular flexibility index (Phi) is 2.04. The number of rotatable bonds is 0. The molecule has 2 rings (SSSR count). The lowest BCUT2D eigenvalue weighted by Crippen LogP contribution is -2.49. The highest BCUT2D eigenvalue weighted by Gasteiger charge is 2.33. The summed E-state index contributed by atoms with van der Waals surface area (Å²) in [5, 5.41) is 0. The Morgan fingerprint density at radius 2 is 1.79 bits per heavy atom. The van der Waals surface area contributed by atoms with Crippen molar-refractivity contribution in [3.63, 3.8) is 0 Å². The molecule has 1 aliphatic rings. The highest BCUT2D eigenvalue weighted by Crippen LogP contribution is 2.37. The predicted octanol–water partition coefficient (Wildman–Crippen LogP) is 2.26. The molecule has 0 aromatic heterocycles. The van der Waals surface area contributed by atoms with Crippen LogP contribution in [0.25, 0.3) is 0 Å². The van der Waals surface area contributed by atoms with E-state index in [9.17, 15) is 0 Å². The van der Waals surface area contributed by atoms with Gasteiger partial charge >= 0.3 is 0 Å². The summed E-state index contributed by atoms with van der Waals surface area (Å²) in [5.74, 6) is 0. The molecule has 0 bridgehead atoms. The Labute approximate surface area is 86.1 Å². The Morgan fingerprint density at radius 1 is 1.14 bits per heavy atom. The molecule has 0 fully saturated rings. The molecule has 76 valence electrons. The molecule has 0 aliphatic carbocycles. The Balaban J connectivity index is 2.57. The van der Waals surface area contributed by atoms with Gasteiger partial charge in [-0.3, -0.25) is 4.90 Å². The lowest BCUT2D eigenvalue weighted by Gasteiger charge is -2.45. The maximum Gasteiger partial charge on any atom is 0.0708 e. The van der Waals surface area contributed by atoms with Crippen LogP contribution in [0.4, 0.5) is 5.69 Å². The van der Waals surface area contributed by atoms with Gasteiger partial charge in [-0.05, 0) is 32.5 Å². The first kappa shape index (κ1) is 9.53. The van der Waals surface area contributed by atoms with Crippen LogP contribution < -0.4 is 4.90 Å². The summed E-state index contributed by atoms with van der Waals surface area (Å²) in [6, 6.07) is 8.65. The van der Waals surface area contributed by atoms with E-state index < -0.39 is 0 Å². The first-order valence-electron chi connectivity index (χ1n) is 5.05. The molecule has 1 heterocycles. The van der Waals surface area contributed by atoms with Crippen molar-refractivity contribution in [1.29, 1.82) is 0 Å². The van der Waals surface area contributed by atoms with Crippen LogP contribution in [-0.4, -0.2) is 25.7 Å². The van der Waals surface area contributed by atoms with Crippen molar-refractivity contribution in [3.05, 3.63) is 29.8 Å². The smallest absolute Gasteiger partial charge is 0.0708 e. The van der Waals surface area contributed by atoms with Gasteiger partial charge in [-0.2, -0.15) is 0 Å². The molecule has 0 unspecified atom stereocenters. The van der Waals surface area contributed by atoms with Crippen LogP contribution in [0.5, 0.6) is 0 Å². The lowest BCUT2D eigenvalue weighted by atomic mass is 9.89. The van der Waals surface area contributed by atoms with Gasteiger partial charge in [0.05, 0.1) is 6.67 Å². The Bertz CT molecular complexity index is 344. The number of benzene rings is 1. The predicted molar refractivity (Wildman–Crippen MR) is 60.5 cm³/mol. The van der Waals surface area contributed by atoms with E-state index in [1.165, 1.54) is 11.3 Å². The van der Waals surface area contributed by atoms with Crippen LogP contribution in [0.3, 0.4) is 0 Å². The fourth-order valence-corrected chi connectivity index (χ4v) is 2.10. The summed E-state index contributed by atoms with van der Waals surface area (Å²) >= 11 is 0. The van der Waals surface area contributed by atoms with Crippen LogP contribution in [0.15, 0.2) is 24.3 Å². The monoisotopic (exact) mass is 190 g/mol. The molecule has 2 nitrogen and oxygen atoms in total. The van der Waals surface area contributed by atoms with Gasteiger partial charge in [0.2, 0.25) is 0 Å². The van der Waals surface area contributed by atoms with Gasteiger partial charge in [-0.1, -0.05) is 18.2 Å². The molecule has 0 spiro atoms. The summed E-state index contributed by atoms with van der Waals surface area (Å²) < 4.78 is 0. The minimum absolute atomic E-state index is 0.142. The fourth-order valence-electron chi connectivity index (χ4n) is 2.10. The van der Waals surface area contributed by atoms with Crippen molar-refractivity contribution < 1.29 is 0 Å². The molecule has 2 heteroatoms. The van der Waals surface area contributed by atoms with E-state index in [0.29, 0.717) is 0 Å². The van der Waals surface area contributed by atoms with Crippen LogP contribution in [0, 0.1) is 0 Å². The lowest BCUT2D eigenvalue weighted by molar-refractivity contribution is 0.147. The van der Waals surface area contributed by atoms with Gasteiger partial charge in [0, 0.05) is 18.3 Å². The molecule has 0 amide bonds. The molecular formula is C12H18N2. The third-order valence-electron chi connectivity index (χ3n) is 3.35. The van der Waals surface area contributed by atoms with Crippen LogP contribution in [0.2, 0.25) is 0 Å². The van der Waals surface area contributed by atoms with Gasteiger partial charge in [0.15, 0.2) is 0 Å². The zero-order valence-electron chi connectivity index (χ0n) is 9.41. The van der Waals surface area contributed by atoms with Crippen molar-refractivity contribution in [2.45, 2.75) is 19.4 Å². The third kappa shape index (κ3) is 1.22. The number of hydrogen-bond acceptors (Lipinski definition) is 2. The van der Waals surface area contributed by atoms with E-state index in [1.807, 2.05) is 0 Å². The molecule has 0 atom stereocenters. The van der Waals surface area contributed by atoms with Gasteiger partial charge < -0.3 is 4.90 Å². The van der Waals surface area contributed by atoms with Crippen molar-refractivity contribution in [2.24, 2.45) is 0 Å².